The van der Waals surface area contributed by atoms with Crippen LogP contribution in [0.15, 0.2) is 30.6 Å². The molecule has 0 radical (unpaired) electrons. The monoisotopic (exact) mass is 341 g/mol. The van der Waals surface area contributed by atoms with E-state index in [1.54, 1.807) is 12.1 Å². The average Bonchev–Trinajstić information content (AvgIpc) is 3.02. The van der Waals surface area contributed by atoms with E-state index in [1.165, 1.54) is 6.20 Å². The lowest BCUT2D eigenvalue weighted by molar-refractivity contribution is 0.0745. The molecule has 3 rings (SSSR count). The van der Waals surface area contributed by atoms with E-state index in [4.69, 9.17) is 5.73 Å². The van der Waals surface area contributed by atoms with E-state index in [2.05, 4.69) is 16.8 Å². The minimum atomic E-state index is -0.482. The maximum Gasteiger partial charge on any atom is 0.255 e. The molecular weight excluding hydrogens is 318 g/mol. The van der Waals surface area contributed by atoms with Crippen LogP contribution in [0, 0.1) is 0 Å². The predicted octanol–water partition coefficient (Wildman–Crippen LogP) is 1.04. The number of nitrogens with two attached hydrogens (primary N) is 1. The number of anilines is 1. The first kappa shape index (κ1) is 17.0. The molecule has 7 heteroatoms. The maximum absolute atomic E-state index is 12.8. The van der Waals surface area contributed by atoms with Crippen molar-refractivity contribution >= 4 is 17.6 Å². The number of carbonyl (C=O) groups excluding carboxylic acids is 2. The Morgan fingerprint density at radius 1 is 1.16 bits per heavy atom. The van der Waals surface area contributed by atoms with Gasteiger partial charge in [-0.25, -0.2) is 4.98 Å². The summed E-state index contributed by atoms with van der Waals surface area (Å²) in [5.41, 5.74) is 7.49. The first-order valence-corrected chi connectivity index (χ1v) is 8.45. The Morgan fingerprint density at radius 3 is 2.44 bits per heavy atom. The fourth-order valence-electron chi connectivity index (χ4n) is 3.22. The zero-order valence-corrected chi connectivity index (χ0v) is 14.6. The lowest BCUT2D eigenvalue weighted by atomic mass is 10.1. The lowest BCUT2D eigenvalue weighted by Gasteiger charge is -2.35. The van der Waals surface area contributed by atoms with Crippen molar-refractivity contribution in [1.29, 1.82) is 0 Å². The molecule has 0 unspecified atom stereocenters. The van der Waals surface area contributed by atoms with Gasteiger partial charge in [0.15, 0.2) is 0 Å². The van der Waals surface area contributed by atoms with Crippen molar-refractivity contribution in [2.24, 2.45) is 12.8 Å². The highest BCUT2D eigenvalue weighted by Crippen LogP contribution is 2.18. The summed E-state index contributed by atoms with van der Waals surface area (Å²) in [7, 11) is 1.97. The first-order valence-electron chi connectivity index (χ1n) is 8.45. The largest absolute Gasteiger partial charge is 0.366 e. The maximum atomic E-state index is 12.8. The van der Waals surface area contributed by atoms with Crippen molar-refractivity contribution in [2.45, 2.75) is 13.3 Å². The van der Waals surface area contributed by atoms with Crippen LogP contribution in [0.2, 0.25) is 0 Å². The second kappa shape index (κ2) is 6.96. The number of hydrogen-bond acceptors (Lipinski definition) is 4. The van der Waals surface area contributed by atoms with Crippen LogP contribution in [-0.4, -0.2) is 52.4 Å². The van der Waals surface area contributed by atoms with E-state index < -0.39 is 5.91 Å². The van der Waals surface area contributed by atoms with Crippen molar-refractivity contribution in [1.82, 2.24) is 14.5 Å². The summed E-state index contributed by atoms with van der Waals surface area (Å²) >= 11 is 0. The average molecular weight is 341 g/mol. The molecule has 1 fully saturated rings. The fourth-order valence-corrected chi connectivity index (χ4v) is 3.22. The summed E-state index contributed by atoms with van der Waals surface area (Å²) in [5.74, 6) is 0.407. The Bertz CT molecular complexity index is 773. The van der Waals surface area contributed by atoms with Crippen LogP contribution in [0.1, 0.15) is 33.3 Å². The third-order valence-corrected chi connectivity index (χ3v) is 4.69. The Morgan fingerprint density at radius 2 is 1.88 bits per heavy atom. The number of piperazine rings is 1. The molecule has 0 aromatic carbocycles. The van der Waals surface area contributed by atoms with Gasteiger partial charge in [0.25, 0.3) is 5.91 Å². The van der Waals surface area contributed by atoms with Gasteiger partial charge in [-0.05, 0) is 24.6 Å². The Hall–Kier alpha value is -2.83. The number of aryl methyl sites for hydroxylation is 1. The zero-order chi connectivity index (χ0) is 18.0. The van der Waals surface area contributed by atoms with Gasteiger partial charge in [-0.2, -0.15) is 0 Å². The van der Waals surface area contributed by atoms with Crippen LogP contribution in [0.5, 0.6) is 0 Å². The molecule has 25 heavy (non-hydrogen) atoms. The van der Waals surface area contributed by atoms with E-state index >= 15 is 0 Å². The van der Waals surface area contributed by atoms with E-state index in [9.17, 15) is 9.59 Å². The highest BCUT2D eigenvalue weighted by molar-refractivity contribution is 5.95. The second-order valence-corrected chi connectivity index (χ2v) is 6.19. The SMILES string of the molecule is CCc1c(C(=O)N2CCN(c3ccc(C(N)=O)cn3)CC2)ccn1C. The van der Waals surface area contributed by atoms with E-state index in [0.29, 0.717) is 31.7 Å². The molecule has 2 aromatic heterocycles. The minimum Gasteiger partial charge on any atom is -0.366 e. The molecule has 0 spiro atoms. The smallest absolute Gasteiger partial charge is 0.255 e. The molecule has 0 aliphatic carbocycles. The fraction of sp³-hybridized carbons (Fsp3) is 0.389. The van der Waals surface area contributed by atoms with Gasteiger partial charge < -0.3 is 20.1 Å². The summed E-state index contributed by atoms with van der Waals surface area (Å²) in [6.07, 6.45) is 4.26. The van der Waals surface area contributed by atoms with E-state index in [-0.39, 0.29) is 5.91 Å². The van der Waals surface area contributed by atoms with E-state index in [0.717, 1.165) is 23.5 Å². The standard InChI is InChI=1S/C18H23N5O2/c1-3-15-14(6-7-21(15)2)18(25)23-10-8-22(9-11-23)16-5-4-13(12-20-16)17(19)24/h4-7,12H,3,8-11H2,1-2H3,(H2,19,24). The minimum absolute atomic E-state index is 0.0918. The van der Waals surface area contributed by atoms with Gasteiger partial charge >= 0.3 is 0 Å². The van der Waals surface area contributed by atoms with Gasteiger partial charge in [-0.15, -0.1) is 0 Å². The summed E-state index contributed by atoms with van der Waals surface area (Å²) in [5, 5.41) is 0. The van der Waals surface area contributed by atoms with Crippen LogP contribution < -0.4 is 10.6 Å². The molecule has 0 saturated carbocycles. The first-order chi connectivity index (χ1) is 12.0. The number of pyridine rings is 1. The molecule has 2 amide bonds. The molecule has 2 N–H and O–H groups in total. The topological polar surface area (TPSA) is 84.5 Å². The predicted molar refractivity (Wildman–Crippen MR) is 95.7 cm³/mol. The number of aromatic nitrogens is 2. The van der Waals surface area contributed by atoms with Gasteiger partial charge in [-0.1, -0.05) is 6.92 Å². The Kier molecular flexibility index (Phi) is 4.74. The molecule has 1 saturated heterocycles. The highest BCUT2D eigenvalue weighted by Gasteiger charge is 2.25. The second-order valence-electron chi connectivity index (χ2n) is 6.19. The number of nitrogens with zero attached hydrogens (tertiary/aromatic N) is 4. The van der Waals surface area contributed by atoms with Gasteiger partial charge in [0, 0.05) is 51.3 Å². The van der Waals surface area contributed by atoms with Gasteiger partial charge in [0.2, 0.25) is 5.91 Å². The summed E-state index contributed by atoms with van der Waals surface area (Å²) < 4.78 is 2.01. The zero-order valence-electron chi connectivity index (χ0n) is 14.6. The van der Waals surface area contributed by atoms with Crippen molar-refractivity contribution in [2.75, 3.05) is 31.1 Å². The highest BCUT2D eigenvalue weighted by atomic mass is 16.2. The molecular formula is C18H23N5O2. The quantitative estimate of drug-likeness (QED) is 0.901. The van der Waals surface area contributed by atoms with Gasteiger partial charge in [-0.3, -0.25) is 9.59 Å². The summed E-state index contributed by atoms with van der Waals surface area (Å²) in [6.45, 7) is 4.78. The molecule has 3 heterocycles. The van der Waals surface area contributed by atoms with Crippen LogP contribution in [0.4, 0.5) is 5.82 Å². The number of hydrogen-bond donors (Lipinski definition) is 1. The number of carbonyl (C=O) groups is 2. The molecule has 1 aliphatic rings. The van der Waals surface area contributed by atoms with Crippen molar-refractivity contribution in [3.05, 3.63) is 47.4 Å². The molecule has 0 atom stereocenters. The number of amides is 2. The third-order valence-electron chi connectivity index (χ3n) is 4.69. The van der Waals surface area contributed by atoms with Crippen molar-refractivity contribution in [3.8, 4) is 0 Å². The van der Waals surface area contributed by atoms with Crippen molar-refractivity contribution in [3.63, 3.8) is 0 Å². The number of rotatable bonds is 4. The van der Waals surface area contributed by atoms with E-state index in [1.807, 2.05) is 28.8 Å². The normalized spacial score (nSPS) is 14.6. The van der Waals surface area contributed by atoms with Crippen LogP contribution in [0.25, 0.3) is 0 Å². The summed E-state index contributed by atoms with van der Waals surface area (Å²) in [6, 6.07) is 5.38. The lowest BCUT2D eigenvalue weighted by Crippen LogP contribution is -2.49. The third kappa shape index (κ3) is 3.35. The summed E-state index contributed by atoms with van der Waals surface area (Å²) in [4.78, 5) is 32.2. The van der Waals surface area contributed by atoms with Crippen LogP contribution in [-0.2, 0) is 13.5 Å². The van der Waals surface area contributed by atoms with Crippen LogP contribution >= 0.6 is 0 Å². The molecule has 7 nitrogen and oxygen atoms in total. The van der Waals surface area contributed by atoms with Gasteiger partial charge in [0.05, 0.1) is 11.1 Å². The van der Waals surface area contributed by atoms with Crippen molar-refractivity contribution < 1.29 is 9.59 Å². The number of primary amides is 1. The molecule has 0 bridgehead atoms. The molecule has 1 aliphatic heterocycles. The van der Waals surface area contributed by atoms with Crippen LogP contribution in [0.3, 0.4) is 0 Å². The van der Waals surface area contributed by atoms with Gasteiger partial charge in [0.1, 0.15) is 5.82 Å². The molecule has 2 aromatic rings. The Labute approximate surface area is 147 Å². The Balaban J connectivity index is 1.65. The molecule has 132 valence electrons.